The lowest BCUT2D eigenvalue weighted by atomic mass is 10.3. The summed E-state index contributed by atoms with van der Waals surface area (Å²) in [6.07, 6.45) is 4.11. The number of halogens is 1. The molecule has 0 aliphatic heterocycles. The molecule has 94 valence electrons. The van der Waals surface area contributed by atoms with E-state index in [-0.39, 0.29) is 5.91 Å². The van der Waals surface area contributed by atoms with Gasteiger partial charge in [0.15, 0.2) is 3.77 Å². The van der Waals surface area contributed by atoms with Crippen LogP contribution < -0.4 is 5.32 Å². The summed E-state index contributed by atoms with van der Waals surface area (Å²) < 4.78 is 6.12. The maximum atomic E-state index is 11.4. The predicted molar refractivity (Wildman–Crippen MR) is 76.6 cm³/mol. The third kappa shape index (κ3) is 6.48. The maximum absolute atomic E-state index is 11.4. The molecular weight excluding hydrogens is 331 g/mol. The summed E-state index contributed by atoms with van der Waals surface area (Å²) in [5, 5.41) is 2.82. The van der Waals surface area contributed by atoms with Gasteiger partial charge in [0, 0.05) is 12.6 Å². The molecule has 5 heteroatoms. The first-order valence-corrected chi connectivity index (χ1v) is 6.52. The standard InChI is InChI=1S/C12H17IN2O2/c1-15(2)9-3-8-14-12(16)7-5-10-4-6-11(13)17-10/h4-7H,3,8-9H2,1-2H3,(H,14,16)/b7-5+. The molecule has 1 amide bonds. The Morgan fingerprint density at radius 2 is 2.29 bits per heavy atom. The molecule has 0 radical (unpaired) electrons. The Hall–Kier alpha value is -0.820. The average Bonchev–Trinajstić information content (AvgIpc) is 2.67. The van der Waals surface area contributed by atoms with E-state index < -0.39 is 0 Å². The molecule has 1 rings (SSSR count). The van der Waals surface area contributed by atoms with E-state index in [2.05, 4.69) is 32.8 Å². The van der Waals surface area contributed by atoms with Gasteiger partial charge in [0.1, 0.15) is 5.76 Å². The molecule has 0 bridgehead atoms. The zero-order valence-corrected chi connectivity index (χ0v) is 12.2. The van der Waals surface area contributed by atoms with Crippen molar-refractivity contribution in [2.75, 3.05) is 27.2 Å². The Morgan fingerprint density at radius 3 is 2.88 bits per heavy atom. The molecule has 1 aromatic heterocycles. The van der Waals surface area contributed by atoms with Crippen molar-refractivity contribution in [2.24, 2.45) is 0 Å². The van der Waals surface area contributed by atoms with E-state index in [0.29, 0.717) is 12.3 Å². The van der Waals surface area contributed by atoms with Crippen LogP contribution in [-0.2, 0) is 4.79 Å². The minimum absolute atomic E-state index is 0.0878. The van der Waals surface area contributed by atoms with Crippen molar-refractivity contribution in [3.63, 3.8) is 0 Å². The minimum atomic E-state index is -0.0878. The number of amides is 1. The highest BCUT2D eigenvalue weighted by Gasteiger charge is 1.97. The van der Waals surface area contributed by atoms with Crippen LogP contribution in [0.25, 0.3) is 6.08 Å². The van der Waals surface area contributed by atoms with Crippen molar-refractivity contribution in [3.05, 3.63) is 27.7 Å². The Morgan fingerprint density at radius 1 is 1.53 bits per heavy atom. The monoisotopic (exact) mass is 348 g/mol. The molecule has 1 aromatic rings. The van der Waals surface area contributed by atoms with Gasteiger partial charge in [0.25, 0.3) is 0 Å². The highest BCUT2D eigenvalue weighted by Crippen LogP contribution is 2.11. The van der Waals surface area contributed by atoms with Gasteiger partial charge in [-0.2, -0.15) is 0 Å². The highest BCUT2D eigenvalue weighted by molar-refractivity contribution is 14.1. The summed E-state index contributed by atoms with van der Waals surface area (Å²) in [5.41, 5.74) is 0. The normalized spacial score (nSPS) is 11.3. The van der Waals surface area contributed by atoms with Gasteiger partial charge < -0.3 is 14.6 Å². The van der Waals surface area contributed by atoms with Crippen LogP contribution >= 0.6 is 22.6 Å². The topological polar surface area (TPSA) is 45.5 Å². The van der Waals surface area contributed by atoms with Crippen LogP contribution in [0.5, 0.6) is 0 Å². The highest BCUT2D eigenvalue weighted by atomic mass is 127. The number of rotatable bonds is 6. The zero-order valence-electron chi connectivity index (χ0n) is 10.1. The van der Waals surface area contributed by atoms with Gasteiger partial charge in [-0.1, -0.05) is 0 Å². The molecule has 0 fully saturated rings. The summed E-state index contributed by atoms with van der Waals surface area (Å²) in [6.45, 7) is 1.66. The van der Waals surface area contributed by atoms with Gasteiger partial charge >= 0.3 is 0 Å². The lowest BCUT2D eigenvalue weighted by Crippen LogP contribution is -2.25. The Kier molecular flexibility index (Phi) is 6.28. The summed E-state index contributed by atoms with van der Waals surface area (Å²) in [4.78, 5) is 13.5. The minimum Gasteiger partial charge on any atom is -0.451 e. The second kappa shape index (κ2) is 7.50. The van der Waals surface area contributed by atoms with Gasteiger partial charge in [-0.3, -0.25) is 4.79 Å². The molecule has 0 saturated heterocycles. The lowest BCUT2D eigenvalue weighted by molar-refractivity contribution is -0.116. The molecule has 0 atom stereocenters. The summed E-state index contributed by atoms with van der Waals surface area (Å²) in [5.74, 6) is 0.605. The van der Waals surface area contributed by atoms with E-state index in [0.717, 1.165) is 16.7 Å². The average molecular weight is 348 g/mol. The second-order valence-corrected chi connectivity index (χ2v) is 4.99. The lowest BCUT2D eigenvalue weighted by Gasteiger charge is -2.08. The molecule has 0 saturated carbocycles. The predicted octanol–water partition coefficient (Wildman–Crippen LogP) is 1.97. The molecule has 1 heterocycles. The Labute approximate surface area is 115 Å². The molecule has 4 nitrogen and oxygen atoms in total. The van der Waals surface area contributed by atoms with E-state index in [1.54, 1.807) is 6.08 Å². The number of carbonyl (C=O) groups excluding carboxylic acids is 1. The van der Waals surface area contributed by atoms with Crippen LogP contribution in [0.15, 0.2) is 22.6 Å². The molecule has 0 aromatic carbocycles. The molecule has 17 heavy (non-hydrogen) atoms. The van der Waals surface area contributed by atoms with Crippen LogP contribution in [0.1, 0.15) is 12.2 Å². The number of hydrogen-bond donors (Lipinski definition) is 1. The first kappa shape index (κ1) is 14.2. The van der Waals surface area contributed by atoms with Crippen LogP contribution in [0.4, 0.5) is 0 Å². The quantitative estimate of drug-likeness (QED) is 0.486. The van der Waals surface area contributed by atoms with E-state index in [4.69, 9.17) is 4.42 Å². The van der Waals surface area contributed by atoms with Crippen LogP contribution in [0.2, 0.25) is 0 Å². The van der Waals surface area contributed by atoms with E-state index >= 15 is 0 Å². The van der Waals surface area contributed by atoms with Gasteiger partial charge in [-0.05, 0) is 67.9 Å². The fourth-order valence-corrected chi connectivity index (χ4v) is 1.68. The van der Waals surface area contributed by atoms with Crippen LogP contribution in [0.3, 0.4) is 0 Å². The second-order valence-electron chi connectivity index (χ2n) is 3.92. The smallest absolute Gasteiger partial charge is 0.244 e. The van der Waals surface area contributed by atoms with Crippen molar-refractivity contribution in [1.82, 2.24) is 10.2 Å². The first-order chi connectivity index (χ1) is 8.08. The van der Waals surface area contributed by atoms with Crippen molar-refractivity contribution in [2.45, 2.75) is 6.42 Å². The maximum Gasteiger partial charge on any atom is 0.244 e. The molecule has 0 aliphatic carbocycles. The van der Waals surface area contributed by atoms with Crippen LogP contribution in [-0.4, -0.2) is 38.0 Å². The molecule has 1 N–H and O–H groups in total. The summed E-state index contributed by atoms with van der Waals surface area (Å²) in [7, 11) is 4.03. The third-order valence-corrected chi connectivity index (χ3v) is 2.65. The van der Waals surface area contributed by atoms with E-state index in [1.807, 2.05) is 26.2 Å². The van der Waals surface area contributed by atoms with Gasteiger partial charge in [0.05, 0.1) is 0 Å². The van der Waals surface area contributed by atoms with Crippen molar-refractivity contribution in [3.8, 4) is 0 Å². The fourth-order valence-electron chi connectivity index (χ4n) is 1.24. The van der Waals surface area contributed by atoms with E-state index in [1.165, 1.54) is 6.08 Å². The first-order valence-electron chi connectivity index (χ1n) is 5.44. The van der Waals surface area contributed by atoms with Crippen molar-refractivity contribution >= 4 is 34.6 Å². The number of nitrogens with one attached hydrogen (secondary N) is 1. The summed E-state index contributed by atoms with van der Waals surface area (Å²) >= 11 is 2.09. The van der Waals surface area contributed by atoms with Crippen LogP contribution in [0, 0.1) is 3.77 Å². The van der Waals surface area contributed by atoms with Crippen molar-refractivity contribution in [1.29, 1.82) is 0 Å². The number of nitrogens with zero attached hydrogens (tertiary/aromatic N) is 1. The number of furan rings is 1. The molecule has 0 unspecified atom stereocenters. The SMILES string of the molecule is CN(C)CCCNC(=O)/C=C/c1ccc(I)o1. The summed E-state index contributed by atoms with van der Waals surface area (Å²) in [6, 6.07) is 3.69. The van der Waals surface area contributed by atoms with Crippen molar-refractivity contribution < 1.29 is 9.21 Å². The number of hydrogen-bond acceptors (Lipinski definition) is 3. The largest absolute Gasteiger partial charge is 0.451 e. The third-order valence-electron chi connectivity index (χ3n) is 2.07. The Bertz CT molecular complexity index is 386. The number of carbonyl (C=O) groups is 1. The molecule has 0 aliphatic rings. The van der Waals surface area contributed by atoms with Gasteiger partial charge in [-0.15, -0.1) is 0 Å². The van der Waals surface area contributed by atoms with E-state index in [9.17, 15) is 4.79 Å². The van der Waals surface area contributed by atoms with Gasteiger partial charge in [0.2, 0.25) is 5.91 Å². The fraction of sp³-hybridized carbons (Fsp3) is 0.417. The zero-order chi connectivity index (χ0) is 12.7. The van der Waals surface area contributed by atoms with Gasteiger partial charge in [-0.25, -0.2) is 0 Å². The molecular formula is C12H17IN2O2. The Balaban J connectivity index is 2.23. The molecule has 0 spiro atoms.